The molecule has 2 aromatic rings. The Kier molecular flexibility index (Phi) is 3.36. The summed E-state index contributed by atoms with van der Waals surface area (Å²) in [6, 6.07) is 6.09. The summed E-state index contributed by atoms with van der Waals surface area (Å²) in [6.45, 7) is 2.80. The summed E-state index contributed by atoms with van der Waals surface area (Å²) < 4.78 is 2.89. The lowest BCUT2D eigenvalue weighted by Crippen LogP contribution is -2.11. The molecule has 0 aliphatic carbocycles. The second kappa shape index (κ2) is 4.76. The van der Waals surface area contributed by atoms with Crippen LogP contribution in [0.2, 0.25) is 0 Å². The van der Waals surface area contributed by atoms with Crippen LogP contribution < -0.4 is 5.32 Å². The number of nitrogens with one attached hydrogen (secondary N) is 1. The molecule has 5 heteroatoms. The van der Waals surface area contributed by atoms with E-state index in [0.29, 0.717) is 0 Å². The summed E-state index contributed by atoms with van der Waals surface area (Å²) >= 11 is 3.58. The summed E-state index contributed by atoms with van der Waals surface area (Å²) in [5.41, 5.74) is 3.24. The number of halogens is 1. The van der Waals surface area contributed by atoms with E-state index in [-0.39, 0.29) is 0 Å². The van der Waals surface area contributed by atoms with Crippen LogP contribution in [0.25, 0.3) is 5.69 Å². The Hall–Kier alpha value is -1.20. The molecule has 4 nitrogen and oxygen atoms in total. The highest BCUT2D eigenvalue weighted by atomic mass is 79.9. The molecule has 1 heterocycles. The van der Waals surface area contributed by atoms with Crippen molar-refractivity contribution in [1.82, 2.24) is 20.3 Å². The SMILES string of the molecule is CNCc1cnnn1-c1cccc(C)c1Br. The van der Waals surface area contributed by atoms with Crippen molar-refractivity contribution in [3.63, 3.8) is 0 Å². The lowest BCUT2D eigenvalue weighted by atomic mass is 10.2. The fourth-order valence-corrected chi connectivity index (χ4v) is 1.99. The number of aromatic nitrogens is 3. The number of aryl methyl sites for hydroxylation is 1. The van der Waals surface area contributed by atoms with Gasteiger partial charge >= 0.3 is 0 Å². The first-order valence-electron chi connectivity index (χ1n) is 5.03. The highest BCUT2D eigenvalue weighted by molar-refractivity contribution is 9.10. The van der Waals surface area contributed by atoms with Gasteiger partial charge in [0.1, 0.15) is 0 Å². The van der Waals surface area contributed by atoms with Crippen molar-refractivity contribution in [1.29, 1.82) is 0 Å². The molecular formula is C11H13BrN4. The zero-order valence-corrected chi connectivity index (χ0v) is 10.8. The third-order valence-electron chi connectivity index (χ3n) is 2.38. The van der Waals surface area contributed by atoms with Crippen LogP contribution in [0.4, 0.5) is 0 Å². The number of benzene rings is 1. The molecule has 0 spiro atoms. The van der Waals surface area contributed by atoms with Gasteiger partial charge in [-0.1, -0.05) is 17.3 Å². The lowest BCUT2D eigenvalue weighted by molar-refractivity contribution is 0.712. The summed E-state index contributed by atoms with van der Waals surface area (Å²) in [5, 5.41) is 11.1. The van der Waals surface area contributed by atoms with Gasteiger partial charge in [-0.15, -0.1) is 5.10 Å². The van der Waals surface area contributed by atoms with E-state index in [1.54, 1.807) is 6.20 Å². The number of hydrogen-bond donors (Lipinski definition) is 1. The normalized spacial score (nSPS) is 10.7. The minimum Gasteiger partial charge on any atom is -0.314 e. The smallest absolute Gasteiger partial charge is 0.0811 e. The van der Waals surface area contributed by atoms with Crippen molar-refractivity contribution in [3.05, 3.63) is 40.1 Å². The van der Waals surface area contributed by atoms with Gasteiger partial charge in [0.05, 0.1) is 17.6 Å². The molecule has 0 aliphatic heterocycles. The highest BCUT2D eigenvalue weighted by Crippen LogP contribution is 2.24. The van der Waals surface area contributed by atoms with Crippen molar-refractivity contribution < 1.29 is 0 Å². The highest BCUT2D eigenvalue weighted by Gasteiger charge is 2.09. The third-order valence-corrected chi connectivity index (χ3v) is 3.41. The first-order valence-corrected chi connectivity index (χ1v) is 5.83. The van der Waals surface area contributed by atoms with Gasteiger partial charge in [-0.3, -0.25) is 0 Å². The van der Waals surface area contributed by atoms with Gasteiger partial charge in [0.2, 0.25) is 0 Å². The molecule has 0 saturated carbocycles. The molecule has 2 rings (SSSR count). The average molecular weight is 281 g/mol. The first-order chi connectivity index (χ1) is 7.74. The Balaban J connectivity index is 2.50. The van der Waals surface area contributed by atoms with Crippen LogP contribution in [0.15, 0.2) is 28.9 Å². The van der Waals surface area contributed by atoms with E-state index in [4.69, 9.17) is 0 Å². The molecule has 0 bridgehead atoms. The maximum Gasteiger partial charge on any atom is 0.0811 e. The second-order valence-corrected chi connectivity index (χ2v) is 4.37. The largest absolute Gasteiger partial charge is 0.314 e. The van der Waals surface area contributed by atoms with Crippen LogP contribution in [0, 0.1) is 6.92 Å². The maximum atomic E-state index is 4.10. The van der Waals surface area contributed by atoms with E-state index in [2.05, 4.69) is 44.5 Å². The fourth-order valence-electron chi connectivity index (χ4n) is 1.56. The molecule has 0 fully saturated rings. The van der Waals surface area contributed by atoms with Gasteiger partial charge in [-0.25, -0.2) is 4.68 Å². The first kappa shape index (κ1) is 11.3. The van der Waals surface area contributed by atoms with E-state index in [1.165, 1.54) is 5.56 Å². The van der Waals surface area contributed by atoms with Crippen LogP contribution in [0.1, 0.15) is 11.3 Å². The summed E-state index contributed by atoms with van der Waals surface area (Å²) in [6.07, 6.45) is 1.77. The Morgan fingerprint density at radius 3 is 3.00 bits per heavy atom. The van der Waals surface area contributed by atoms with E-state index in [9.17, 15) is 0 Å². The minimum atomic E-state index is 0.743. The molecule has 1 aromatic carbocycles. The zero-order chi connectivity index (χ0) is 11.5. The van der Waals surface area contributed by atoms with Crippen molar-refractivity contribution in [2.24, 2.45) is 0 Å². The third kappa shape index (κ3) is 2.01. The summed E-state index contributed by atoms with van der Waals surface area (Å²) in [5.74, 6) is 0. The number of rotatable bonds is 3. The summed E-state index contributed by atoms with van der Waals surface area (Å²) in [7, 11) is 1.91. The Labute approximate surface area is 103 Å². The van der Waals surface area contributed by atoms with Crippen molar-refractivity contribution in [2.75, 3.05) is 7.05 Å². The van der Waals surface area contributed by atoms with Crippen LogP contribution in [-0.4, -0.2) is 22.0 Å². The molecule has 0 atom stereocenters. The minimum absolute atomic E-state index is 0.743. The topological polar surface area (TPSA) is 42.7 Å². The molecule has 0 aliphatic rings. The van der Waals surface area contributed by atoms with Crippen molar-refractivity contribution in [2.45, 2.75) is 13.5 Å². The van der Waals surface area contributed by atoms with Gasteiger partial charge in [0.25, 0.3) is 0 Å². The number of nitrogens with zero attached hydrogens (tertiary/aromatic N) is 3. The Bertz CT molecular complexity index is 492. The summed E-state index contributed by atoms with van der Waals surface area (Å²) in [4.78, 5) is 0. The average Bonchev–Trinajstić information content (AvgIpc) is 2.71. The van der Waals surface area contributed by atoms with Crippen LogP contribution in [0.3, 0.4) is 0 Å². The van der Waals surface area contributed by atoms with E-state index in [1.807, 2.05) is 23.9 Å². The molecule has 0 unspecified atom stereocenters. The van der Waals surface area contributed by atoms with E-state index >= 15 is 0 Å². The second-order valence-electron chi connectivity index (χ2n) is 3.58. The number of hydrogen-bond acceptors (Lipinski definition) is 3. The van der Waals surface area contributed by atoms with Gasteiger partial charge in [-0.05, 0) is 41.5 Å². The fraction of sp³-hybridized carbons (Fsp3) is 0.273. The molecular weight excluding hydrogens is 268 g/mol. The van der Waals surface area contributed by atoms with Gasteiger partial charge in [0.15, 0.2) is 0 Å². The van der Waals surface area contributed by atoms with Crippen LogP contribution >= 0.6 is 15.9 Å². The van der Waals surface area contributed by atoms with Crippen molar-refractivity contribution >= 4 is 15.9 Å². The van der Waals surface area contributed by atoms with Crippen LogP contribution in [0.5, 0.6) is 0 Å². The molecule has 84 valence electrons. The quantitative estimate of drug-likeness (QED) is 0.936. The van der Waals surface area contributed by atoms with Crippen molar-refractivity contribution in [3.8, 4) is 5.69 Å². The Morgan fingerprint density at radius 1 is 1.44 bits per heavy atom. The molecule has 0 radical (unpaired) electrons. The van der Waals surface area contributed by atoms with Gasteiger partial charge in [0, 0.05) is 11.0 Å². The zero-order valence-electron chi connectivity index (χ0n) is 9.24. The van der Waals surface area contributed by atoms with Gasteiger partial charge < -0.3 is 5.32 Å². The predicted octanol–water partition coefficient (Wildman–Crippen LogP) is 2.06. The predicted molar refractivity (Wildman–Crippen MR) is 66.6 cm³/mol. The molecule has 0 saturated heterocycles. The molecule has 16 heavy (non-hydrogen) atoms. The van der Waals surface area contributed by atoms with E-state index in [0.717, 1.165) is 22.4 Å². The maximum absolute atomic E-state index is 4.10. The lowest BCUT2D eigenvalue weighted by Gasteiger charge is -2.09. The van der Waals surface area contributed by atoms with E-state index < -0.39 is 0 Å². The standard InChI is InChI=1S/C11H13BrN4/c1-8-4-3-5-10(11(8)12)16-9(6-13-2)7-14-15-16/h3-5,7,13H,6H2,1-2H3. The molecule has 1 aromatic heterocycles. The molecule has 0 amide bonds. The van der Waals surface area contributed by atoms with Gasteiger partial charge in [-0.2, -0.15) is 0 Å². The Morgan fingerprint density at radius 2 is 2.25 bits per heavy atom. The molecule has 1 N–H and O–H groups in total. The monoisotopic (exact) mass is 280 g/mol. The van der Waals surface area contributed by atoms with Crippen LogP contribution in [-0.2, 0) is 6.54 Å².